The van der Waals surface area contributed by atoms with Crippen molar-refractivity contribution in [3.8, 4) is 5.75 Å². The van der Waals surface area contributed by atoms with Gasteiger partial charge in [0, 0.05) is 50.7 Å². The van der Waals surface area contributed by atoms with Crippen LogP contribution < -0.4 is 15.0 Å². The van der Waals surface area contributed by atoms with E-state index in [1.54, 1.807) is 12.4 Å². The molecule has 0 radical (unpaired) electrons. The van der Waals surface area contributed by atoms with Gasteiger partial charge < -0.3 is 19.9 Å². The summed E-state index contributed by atoms with van der Waals surface area (Å²) in [5.41, 5.74) is 1.14. The summed E-state index contributed by atoms with van der Waals surface area (Å²) in [6, 6.07) is 10.1. The largest absolute Gasteiger partial charge is 0.490 e. The summed E-state index contributed by atoms with van der Waals surface area (Å²) >= 11 is 0. The quantitative estimate of drug-likeness (QED) is 0.357. The standard InChI is InChI=1S/C22H30N6O.HI/c1-2-23-21(27-13-15-28(16-14-27)22-24-11-6-12-25-22)26-17-18-7-3-4-10-20(18)29-19-8-5-9-19;/h3-4,6-7,10-12,19H,2,5,8-9,13-17H2,1H3,(H,23,26);1H. The molecule has 1 aliphatic carbocycles. The Morgan fingerprint density at radius 1 is 1.10 bits per heavy atom. The highest BCUT2D eigenvalue weighted by Crippen LogP contribution is 2.28. The third kappa shape index (κ3) is 5.74. The molecule has 2 heterocycles. The summed E-state index contributed by atoms with van der Waals surface area (Å²) < 4.78 is 6.16. The minimum Gasteiger partial charge on any atom is -0.490 e. The van der Waals surface area contributed by atoms with Crippen LogP contribution in [-0.4, -0.2) is 59.7 Å². The topological polar surface area (TPSA) is 65.9 Å². The van der Waals surface area contributed by atoms with Crippen molar-refractivity contribution >= 4 is 35.9 Å². The molecule has 2 fully saturated rings. The van der Waals surface area contributed by atoms with Crippen molar-refractivity contribution in [2.24, 2.45) is 4.99 Å². The van der Waals surface area contributed by atoms with Crippen LogP contribution in [0.15, 0.2) is 47.7 Å². The maximum atomic E-state index is 6.16. The summed E-state index contributed by atoms with van der Waals surface area (Å²) in [6.07, 6.45) is 7.56. The molecule has 162 valence electrons. The highest BCUT2D eigenvalue weighted by molar-refractivity contribution is 14.0. The van der Waals surface area contributed by atoms with Crippen molar-refractivity contribution in [1.29, 1.82) is 0 Å². The number of para-hydroxylation sites is 1. The van der Waals surface area contributed by atoms with Gasteiger partial charge >= 0.3 is 0 Å². The number of benzene rings is 1. The molecule has 1 aromatic carbocycles. The number of halogens is 1. The molecule has 1 aromatic heterocycles. The normalized spacial score (nSPS) is 17.2. The van der Waals surface area contributed by atoms with E-state index in [1.807, 2.05) is 12.1 Å². The number of hydrogen-bond donors (Lipinski definition) is 1. The number of rotatable bonds is 6. The van der Waals surface area contributed by atoms with E-state index in [9.17, 15) is 0 Å². The zero-order valence-corrected chi connectivity index (χ0v) is 19.9. The second-order valence-corrected chi connectivity index (χ2v) is 7.47. The Morgan fingerprint density at radius 3 is 2.50 bits per heavy atom. The van der Waals surface area contributed by atoms with Gasteiger partial charge in [-0.3, -0.25) is 0 Å². The van der Waals surface area contributed by atoms with Crippen LogP contribution in [0.4, 0.5) is 5.95 Å². The molecule has 1 saturated carbocycles. The lowest BCUT2D eigenvalue weighted by atomic mass is 9.96. The van der Waals surface area contributed by atoms with E-state index in [4.69, 9.17) is 9.73 Å². The van der Waals surface area contributed by atoms with Gasteiger partial charge in [0.15, 0.2) is 5.96 Å². The highest BCUT2D eigenvalue weighted by atomic mass is 127. The lowest BCUT2D eigenvalue weighted by molar-refractivity contribution is 0.119. The van der Waals surface area contributed by atoms with E-state index in [0.29, 0.717) is 12.6 Å². The van der Waals surface area contributed by atoms with E-state index in [0.717, 1.165) is 68.8 Å². The maximum absolute atomic E-state index is 6.16. The Kier molecular flexibility index (Phi) is 8.53. The van der Waals surface area contributed by atoms with Crippen LogP contribution in [0.25, 0.3) is 0 Å². The molecule has 30 heavy (non-hydrogen) atoms. The summed E-state index contributed by atoms with van der Waals surface area (Å²) in [5.74, 6) is 2.73. The first kappa shape index (κ1) is 22.6. The number of aliphatic imine (C=N–C) groups is 1. The lowest BCUT2D eigenvalue weighted by Gasteiger charge is -2.36. The minimum atomic E-state index is 0. The average Bonchev–Trinajstić information content (AvgIpc) is 2.75. The Balaban J connectivity index is 0.00000256. The van der Waals surface area contributed by atoms with Gasteiger partial charge in [0.1, 0.15) is 5.75 Å². The Bertz CT molecular complexity index is 806. The molecular formula is C22H31IN6O. The van der Waals surface area contributed by atoms with Gasteiger partial charge in [-0.25, -0.2) is 15.0 Å². The molecule has 2 aliphatic rings. The first-order chi connectivity index (χ1) is 14.3. The molecule has 7 nitrogen and oxygen atoms in total. The molecule has 1 N–H and O–H groups in total. The molecule has 1 saturated heterocycles. The number of hydrogen-bond acceptors (Lipinski definition) is 5. The predicted molar refractivity (Wildman–Crippen MR) is 131 cm³/mol. The van der Waals surface area contributed by atoms with E-state index >= 15 is 0 Å². The highest BCUT2D eigenvalue weighted by Gasteiger charge is 2.22. The molecule has 0 unspecified atom stereocenters. The molecule has 0 spiro atoms. The van der Waals surface area contributed by atoms with Gasteiger partial charge in [-0.15, -0.1) is 24.0 Å². The first-order valence-electron chi connectivity index (χ1n) is 10.6. The van der Waals surface area contributed by atoms with Gasteiger partial charge in [-0.1, -0.05) is 18.2 Å². The second kappa shape index (κ2) is 11.3. The Morgan fingerprint density at radius 2 is 1.83 bits per heavy atom. The van der Waals surface area contributed by atoms with Gasteiger partial charge in [0.2, 0.25) is 5.95 Å². The minimum absolute atomic E-state index is 0. The molecule has 8 heteroatoms. The fraction of sp³-hybridized carbons (Fsp3) is 0.500. The third-order valence-corrected chi connectivity index (χ3v) is 5.47. The smallest absolute Gasteiger partial charge is 0.225 e. The Hall–Kier alpha value is -2.10. The predicted octanol–water partition coefficient (Wildman–Crippen LogP) is 3.31. The number of guanidine groups is 1. The van der Waals surface area contributed by atoms with Crippen molar-refractivity contribution in [1.82, 2.24) is 20.2 Å². The molecular weight excluding hydrogens is 491 g/mol. The molecule has 4 rings (SSSR count). The van der Waals surface area contributed by atoms with Gasteiger partial charge in [0.05, 0.1) is 12.6 Å². The van der Waals surface area contributed by atoms with Crippen molar-refractivity contribution in [2.45, 2.75) is 38.8 Å². The zero-order chi connectivity index (χ0) is 19.9. The fourth-order valence-corrected chi connectivity index (χ4v) is 3.58. The van der Waals surface area contributed by atoms with Crippen LogP contribution in [0.3, 0.4) is 0 Å². The maximum Gasteiger partial charge on any atom is 0.225 e. The van der Waals surface area contributed by atoms with Crippen LogP contribution >= 0.6 is 24.0 Å². The van der Waals surface area contributed by atoms with Crippen LogP contribution in [0.2, 0.25) is 0 Å². The number of nitrogens with one attached hydrogen (secondary N) is 1. The van der Waals surface area contributed by atoms with Crippen LogP contribution in [-0.2, 0) is 6.54 Å². The fourth-order valence-electron chi connectivity index (χ4n) is 3.58. The van der Waals surface area contributed by atoms with Crippen molar-refractivity contribution in [3.63, 3.8) is 0 Å². The number of anilines is 1. The van der Waals surface area contributed by atoms with Crippen molar-refractivity contribution < 1.29 is 4.74 Å². The van der Waals surface area contributed by atoms with E-state index in [2.05, 4.69) is 50.2 Å². The number of ether oxygens (including phenoxy) is 1. The summed E-state index contributed by atoms with van der Waals surface area (Å²) in [4.78, 5) is 18.2. The van der Waals surface area contributed by atoms with Crippen LogP contribution in [0, 0.1) is 0 Å². The zero-order valence-electron chi connectivity index (χ0n) is 17.5. The van der Waals surface area contributed by atoms with Crippen LogP contribution in [0.1, 0.15) is 31.7 Å². The molecule has 0 amide bonds. The molecule has 1 aliphatic heterocycles. The summed E-state index contributed by atoms with van der Waals surface area (Å²) in [7, 11) is 0. The van der Waals surface area contributed by atoms with Crippen molar-refractivity contribution in [3.05, 3.63) is 48.3 Å². The van der Waals surface area contributed by atoms with Gasteiger partial charge in [0.25, 0.3) is 0 Å². The van der Waals surface area contributed by atoms with E-state index < -0.39 is 0 Å². The van der Waals surface area contributed by atoms with Crippen LogP contribution in [0.5, 0.6) is 5.75 Å². The third-order valence-electron chi connectivity index (χ3n) is 5.47. The number of aromatic nitrogens is 2. The van der Waals surface area contributed by atoms with Gasteiger partial charge in [-0.2, -0.15) is 0 Å². The lowest BCUT2D eigenvalue weighted by Crippen LogP contribution is -2.53. The first-order valence-corrected chi connectivity index (χ1v) is 10.6. The van der Waals surface area contributed by atoms with Crippen molar-refractivity contribution in [2.75, 3.05) is 37.6 Å². The van der Waals surface area contributed by atoms with Gasteiger partial charge in [-0.05, 0) is 38.3 Å². The molecule has 2 aromatic rings. The summed E-state index contributed by atoms with van der Waals surface area (Å²) in [5, 5.41) is 3.45. The number of piperazine rings is 1. The summed E-state index contributed by atoms with van der Waals surface area (Å²) in [6.45, 7) is 7.13. The average molecular weight is 522 g/mol. The molecule has 0 bridgehead atoms. The Labute approximate surface area is 196 Å². The molecule has 0 atom stereocenters. The number of nitrogens with zero attached hydrogens (tertiary/aromatic N) is 5. The van der Waals surface area contributed by atoms with E-state index in [1.165, 1.54) is 6.42 Å². The monoisotopic (exact) mass is 522 g/mol. The second-order valence-electron chi connectivity index (χ2n) is 7.47. The SMILES string of the molecule is CCNC(=NCc1ccccc1OC1CCC1)N1CCN(c2ncccn2)CC1.I. The van der Waals surface area contributed by atoms with E-state index in [-0.39, 0.29) is 24.0 Å².